The summed E-state index contributed by atoms with van der Waals surface area (Å²) in [5, 5.41) is 1.78. The summed E-state index contributed by atoms with van der Waals surface area (Å²) in [5.74, 6) is 0.886. The molecule has 4 aromatic rings. The predicted octanol–water partition coefficient (Wildman–Crippen LogP) is 5.80. The molecule has 1 saturated heterocycles. The summed E-state index contributed by atoms with van der Waals surface area (Å²) in [7, 11) is 0. The van der Waals surface area contributed by atoms with Crippen LogP contribution in [0.15, 0.2) is 66.4 Å². The lowest BCUT2D eigenvalue weighted by atomic mass is 9.88. The zero-order chi connectivity index (χ0) is 24.4. The van der Waals surface area contributed by atoms with Crippen molar-refractivity contribution in [2.75, 3.05) is 13.1 Å². The van der Waals surface area contributed by atoms with Gasteiger partial charge in [0, 0.05) is 54.1 Å². The lowest BCUT2D eigenvalue weighted by Gasteiger charge is -2.32. The summed E-state index contributed by atoms with van der Waals surface area (Å²) in [6.07, 6.45) is 7.07. The molecule has 1 amide bonds. The molecule has 1 fully saturated rings. The first-order chi connectivity index (χ1) is 17.0. The Morgan fingerprint density at radius 1 is 1.03 bits per heavy atom. The third kappa shape index (κ3) is 4.91. The first kappa shape index (κ1) is 23.1. The van der Waals surface area contributed by atoms with E-state index in [9.17, 15) is 9.59 Å². The molecule has 0 unspecified atom stereocenters. The summed E-state index contributed by atoms with van der Waals surface area (Å²) in [6.45, 7) is 4.91. The third-order valence-corrected chi connectivity index (χ3v) is 7.48. The highest BCUT2D eigenvalue weighted by Crippen LogP contribution is 2.35. The van der Waals surface area contributed by atoms with E-state index in [1.807, 2.05) is 23.2 Å². The average Bonchev–Trinajstić information content (AvgIpc) is 3.39. The number of pyridine rings is 1. The summed E-state index contributed by atoms with van der Waals surface area (Å²) in [4.78, 5) is 41.0. The molecule has 1 aliphatic heterocycles. The minimum absolute atomic E-state index is 0.00808. The molecule has 1 aliphatic rings. The van der Waals surface area contributed by atoms with E-state index < -0.39 is 0 Å². The first-order valence-electron chi connectivity index (χ1n) is 11.7. The molecule has 7 heteroatoms. The van der Waals surface area contributed by atoms with Gasteiger partial charge in [-0.05, 0) is 50.5 Å². The van der Waals surface area contributed by atoms with Crippen molar-refractivity contribution in [3.8, 4) is 22.5 Å². The van der Waals surface area contributed by atoms with Crippen molar-refractivity contribution in [3.63, 3.8) is 0 Å². The Hall–Kier alpha value is -3.71. The normalized spacial score (nSPS) is 14.2. The van der Waals surface area contributed by atoms with Crippen LogP contribution in [-0.4, -0.2) is 44.6 Å². The van der Waals surface area contributed by atoms with Gasteiger partial charge >= 0.3 is 0 Å². The number of piperidine rings is 1. The summed E-state index contributed by atoms with van der Waals surface area (Å²) >= 11 is 1.33. The fourth-order valence-electron chi connectivity index (χ4n) is 4.55. The Morgan fingerprint density at radius 3 is 2.49 bits per heavy atom. The van der Waals surface area contributed by atoms with Gasteiger partial charge in [-0.25, -0.2) is 9.97 Å². The van der Waals surface area contributed by atoms with Crippen LogP contribution in [0.5, 0.6) is 0 Å². The number of likely N-dealkylation sites (tertiary alicyclic amines) is 1. The highest BCUT2D eigenvalue weighted by molar-refractivity contribution is 7.12. The lowest BCUT2D eigenvalue weighted by Crippen LogP contribution is -2.38. The van der Waals surface area contributed by atoms with Crippen LogP contribution in [0.1, 0.15) is 57.0 Å². The van der Waals surface area contributed by atoms with Crippen LogP contribution in [0.4, 0.5) is 0 Å². The fourth-order valence-corrected chi connectivity index (χ4v) is 5.34. The SMILES string of the molecule is CC(=O)c1cc(C(=O)N2CCC(c3nc(-c4ccncc4)ncc3-c3cccc(C)c3)CC2)cs1. The highest BCUT2D eigenvalue weighted by Gasteiger charge is 2.28. The second kappa shape index (κ2) is 9.88. The molecule has 0 aliphatic carbocycles. The standard InChI is InChI=1S/C28H26N4O2S/c1-18-4-3-5-22(14-18)24-16-30-27(21-6-10-29-11-7-21)31-26(24)20-8-12-32(13-9-20)28(34)23-15-25(19(2)33)35-17-23/h3-7,10-11,14-17,20H,8-9,12-13H2,1-2H3. The van der Waals surface area contributed by atoms with Gasteiger partial charge in [-0.2, -0.15) is 0 Å². The van der Waals surface area contributed by atoms with E-state index in [4.69, 9.17) is 4.98 Å². The van der Waals surface area contributed by atoms with Gasteiger partial charge in [-0.1, -0.05) is 29.8 Å². The number of ketones is 1. The molecule has 0 radical (unpaired) electrons. The van der Waals surface area contributed by atoms with E-state index in [2.05, 4.69) is 41.2 Å². The number of nitrogens with zero attached hydrogens (tertiary/aromatic N) is 4. The van der Waals surface area contributed by atoms with E-state index in [0.717, 1.165) is 35.2 Å². The first-order valence-corrected chi connectivity index (χ1v) is 12.6. The molecular formula is C28H26N4O2S. The minimum atomic E-state index is -0.00907. The number of amides is 1. The lowest BCUT2D eigenvalue weighted by molar-refractivity contribution is 0.0712. The number of aromatic nitrogens is 3. The van der Waals surface area contributed by atoms with Crippen LogP contribution in [0.3, 0.4) is 0 Å². The van der Waals surface area contributed by atoms with Gasteiger partial charge in [0.2, 0.25) is 0 Å². The number of rotatable bonds is 5. The van der Waals surface area contributed by atoms with Crippen molar-refractivity contribution in [1.82, 2.24) is 19.9 Å². The molecule has 0 atom stereocenters. The van der Waals surface area contributed by atoms with E-state index in [1.165, 1.54) is 23.8 Å². The van der Waals surface area contributed by atoms with Crippen LogP contribution in [-0.2, 0) is 0 Å². The zero-order valence-electron chi connectivity index (χ0n) is 19.8. The molecule has 3 aromatic heterocycles. The number of Topliss-reactive ketones (excluding diaryl/α,β-unsaturated/α-hetero) is 1. The van der Waals surface area contributed by atoms with Gasteiger partial charge in [-0.15, -0.1) is 11.3 Å². The zero-order valence-corrected chi connectivity index (χ0v) is 20.6. The molecule has 0 N–H and O–H groups in total. The number of hydrogen-bond donors (Lipinski definition) is 0. The quantitative estimate of drug-likeness (QED) is 0.336. The predicted molar refractivity (Wildman–Crippen MR) is 138 cm³/mol. The van der Waals surface area contributed by atoms with Gasteiger partial charge in [-0.3, -0.25) is 14.6 Å². The molecule has 0 saturated carbocycles. The highest BCUT2D eigenvalue weighted by atomic mass is 32.1. The van der Waals surface area contributed by atoms with E-state index in [1.54, 1.807) is 23.8 Å². The number of thiophene rings is 1. The van der Waals surface area contributed by atoms with Gasteiger partial charge in [0.15, 0.2) is 11.6 Å². The van der Waals surface area contributed by atoms with Crippen molar-refractivity contribution in [2.45, 2.75) is 32.6 Å². The second-order valence-corrected chi connectivity index (χ2v) is 9.83. The molecule has 0 spiro atoms. The summed E-state index contributed by atoms with van der Waals surface area (Å²) in [6, 6.07) is 14.0. The van der Waals surface area contributed by atoms with E-state index >= 15 is 0 Å². The van der Waals surface area contributed by atoms with Crippen LogP contribution in [0.2, 0.25) is 0 Å². The van der Waals surface area contributed by atoms with Crippen molar-refractivity contribution < 1.29 is 9.59 Å². The molecule has 6 nitrogen and oxygen atoms in total. The molecule has 4 heterocycles. The number of carbonyl (C=O) groups excluding carboxylic acids is 2. The topological polar surface area (TPSA) is 76.1 Å². The Kier molecular flexibility index (Phi) is 6.51. The van der Waals surface area contributed by atoms with Crippen molar-refractivity contribution in [1.29, 1.82) is 0 Å². The Balaban J connectivity index is 1.42. The molecule has 176 valence electrons. The monoisotopic (exact) mass is 482 g/mol. The average molecular weight is 483 g/mol. The van der Waals surface area contributed by atoms with E-state index in [-0.39, 0.29) is 17.6 Å². The molecule has 35 heavy (non-hydrogen) atoms. The maximum atomic E-state index is 13.0. The summed E-state index contributed by atoms with van der Waals surface area (Å²) < 4.78 is 0. The van der Waals surface area contributed by atoms with Gasteiger partial charge in [0.05, 0.1) is 16.1 Å². The van der Waals surface area contributed by atoms with Crippen LogP contribution < -0.4 is 0 Å². The maximum absolute atomic E-state index is 13.0. The third-order valence-electron chi connectivity index (χ3n) is 6.45. The Bertz CT molecular complexity index is 1370. The van der Waals surface area contributed by atoms with E-state index in [0.29, 0.717) is 29.4 Å². The number of benzene rings is 1. The minimum Gasteiger partial charge on any atom is -0.339 e. The van der Waals surface area contributed by atoms with Crippen molar-refractivity contribution >= 4 is 23.0 Å². The second-order valence-electron chi connectivity index (χ2n) is 8.92. The largest absolute Gasteiger partial charge is 0.339 e. The van der Waals surface area contributed by atoms with Crippen molar-refractivity contribution in [3.05, 3.63) is 88.1 Å². The molecule has 0 bridgehead atoms. The van der Waals surface area contributed by atoms with Gasteiger partial charge in [0.1, 0.15) is 0 Å². The molecule has 1 aromatic carbocycles. The maximum Gasteiger partial charge on any atom is 0.254 e. The Morgan fingerprint density at radius 2 is 1.80 bits per heavy atom. The number of aryl methyl sites for hydroxylation is 1. The number of carbonyl (C=O) groups is 2. The number of hydrogen-bond acceptors (Lipinski definition) is 6. The van der Waals surface area contributed by atoms with Gasteiger partial charge in [0.25, 0.3) is 5.91 Å². The van der Waals surface area contributed by atoms with Crippen molar-refractivity contribution in [2.24, 2.45) is 0 Å². The Labute approximate surface area is 208 Å². The fraction of sp³-hybridized carbons (Fsp3) is 0.250. The van der Waals surface area contributed by atoms with Crippen LogP contribution >= 0.6 is 11.3 Å². The summed E-state index contributed by atoms with van der Waals surface area (Å²) in [5.41, 5.74) is 5.89. The smallest absolute Gasteiger partial charge is 0.254 e. The van der Waals surface area contributed by atoms with Crippen LogP contribution in [0.25, 0.3) is 22.5 Å². The van der Waals surface area contributed by atoms with Gasteiger partial charge < -0.3 is 4.90 Å². The van der Waals surface area contributed by atoms with Crippen LogP contribution in [0, 0.1) is 6.92 Å². The molecule has 5 rings (SSSR count). The molecular weight excluding hydrogens is 456 g/mol.